The van der Waals surface area contributed by atoms with E-state index in [9.17, 15) is 9.59 Å². The molecule has 1 atom stereocenters. The van der Waals surface area contributed by atoms with Crippen molar-refractivity contribution in [2.24, 2.45) is 5.73 Å². The van der Waals surface area contributed by atoms with Crippen LogP contribution in [0.5, 0.6) is 0 Å². The highest BCUT2D eigenvalue weighted by atomic mass is 16.5. The van der Waals surface area contributed by atoms with Crippen molar-refractivity contribution < 1.29 is 23.6 Å². The Balaban J connectivity index is 2.09. The summed E-state index contributed by atoms with van der Waals surface area (Å²) < 4.78 is 15.6. The number of esters is 1. The molecule has 9 heteroatoms. The van der Waals surface area contributed by atoms with E-state index in [1.54, 1.807) is 20.8 Å². The molecule has 0 fully saturated rings. The number of ether oxygens (including phenoxy) is 2. The number of nitrogens with one attached hydrogen (secondary N) is 1. The minimum Gasteiger partial charge on any atom is -0.460 e. The molecule has 0 saturated heterocycles. The summed E-state index contributed by atoms with van der Waals surface area (Å²) in [4.78, 5) is 28.0. The van der Waals surface area contributed by atoms with Gasteiger partial charge < -0.3 is 25.0 Å². The van der Waals surface area contributed by atoms with E-state index >= 15 is 0 Å². The molecule has 9 nitrogen and oxygen atoms in total. The van der Waals surface area contributed by atoms with E-state index in [0.29, 0.717) is 6.61 Å². The lowest BCUT2D eigenvalue weighted by molar-refractivity contribution is -0.126. The molecule has 27 heavy (non-hydrogen) atoms. The first-order chi connectivity index (χ1) is 12.8. The van der Waals surface area contributed by atoms with Crippen molar-refractivity contribution in [2.75, 3.05) is 13.2 Å². The second-order valence-electron chi connectivity index (χ2n) is 6.43. The minimum absolute atomic E-state index is 0.0312. The van der Waals surface area contributed by atoms with Crippen molar-refractivity contribution in [1.82, 2.24) is 15.5 Å². The molecule has 2 aromatic rings. The first-order valence-electron chi connectivity index (χ1n) is 8.53. The van der Waals surface area contributed by atoms with Crippen LogP contribution in [0.1, 0.15) is 48.9 Å². The minimum atomic E-state index is -1.11. The SMILES string of the molecule is CCOC(=O)c1noc([C@@H](COCc2ccccc2)NC(=O)C(C)(C)N)n1. The van der Waals surface area contributed by atoms with E-state index < -0.39 is 23.5 Å². The molecule has 146 valence electrons. The third kappa shape index (κ3) is 6.15. The summed E-state index contributed by atoms with van der Waals surface area (Å²) in [6, 6.07) is 8.78. The van der Waals surface area contributed by atoms with Crippen molar-refractivity contribution in [3.05, 3.63) is 47.6 Å². The van der Waals surface area contributed by atoms with Crippen LogP contribution in [-0.4, -0.2) is 40.8 Å². The van der Waals surface area contributed by atoms with Gasteiger partial charge >= 0.3 is 5.97 Å². The van der Waals surface area contributed by atoms with Crippen LogP contribution in [0.15, 0.2) is 34.9 Å². The molecule has 3 N–H and O–H groups in total. The summed E-state index contributed by atoms with van der Waals surface area (Å²) in [6.07, 6.45) is 0. The van der Waals surface area contributed by atoms with Gasteiger partial charge in [0, 0.05) is 0 Å². The molecule has 0 bridgehead atoms. The number of carbonyl (C=O) groups is 2. The standard InChI is InChI=1S/C18H24N4O5/c1-4-26-16(23)14-21-15(27-22-14)13(20-17(24)18(2,3)19)11-25-10-12-8-6-5-7-9-12/h5-9,13H,4,10-11,19H2,1-3H3,(H,20,24)/t13-/m1/s1. The highest BCUT2D eigenvalue weighted by molar-refractivity contribution is 5.86. The van der Waals surface area contributed by atoms with Gasteiger partial charge in [-0.15, -0.1) is 0 Å². The number of aromatic nitrogens is 2. The van der Waals surface area contributed by atoms with Gasteiger partial charge in [-0.25, -0.2) is 4.79 Å². The van der Waals surface area contributed by atoms with Gasteiger partial charge in [0.1, 0.15) is 6.04 Å². The Labute approximate surface area is 157 Å². The molecule has 1 aromatic carbocycles. The Bertz CT molecular complexity index is 755. The summed E-state index contributed by atoms with van der Waals surface area (Å²) >= 11 is 0. The summed E-state index contributed by atoms with van der Waals surface area (Å²) in [7, 11) is 0. The zero-order valence-electron chi connectivity index (χ0n) is 15.6. The molecular weight excluding hydrogens is 352 g/mol. The van der Waals surface area contributed by atoms with E-state index in [4.69, 9.17) is 19.7 Å². The van der Waals surface area contributed by atoms with Gasteiger partial charge in [0.25, 0.3) is 11.7 Å². The van der Waals surface area contributed by atoms with Crippen LogP contribution in [0.25, 0.3) is 0 Å². The van der Waals surface area contributed by atoms with Gasteiger partial charge in [-0.05, 0) is 31.5 Å². The monoisotopic (exact) mass is 376 g/mol. The molecule has 0 aliphatic carbocycles. The lowest BCUT2D eigenvalue weighted by atomic mass is 10.1. The number of benzene rings is 1. The van der Waals surface area contributed by atoms with E-state index in [2.05, 4.69) is 15.5 Å². The summed E-state index contributed by atoms with van der Waals surface area (Å²) in [5.41, 5.74) is 5.69. The Hall–Kier alpha value is -2.78. The van der Waals surface area contributed by atoms with Crippen LogP contribution < -0.4 is 11.1 Å². The number of nitrogens with zero attached hydrogens (tertiary/aromatic N) is 2. The van der Waals surface area contributed by atoms with Crippen LogP contribution in [0.2, 0.25) is 0 Å². The first kappa shape index (κ1) is 20.5. The summed E-state index contributed by atoms with van der Waals surface area (Å²) in [6.45, 7) is 5.39. The fourth-order valence-electron chi connectivity index (χ4n) is 2.04. The van der Waals surface area contributed by atoms with Gasteiger partial charge in [-0.3, -0.25) is 4.79 Å². The molecule has 0 aliphatic rings. The molecule has 0 spiro atoms. The molecule has 1 amide bonds. The van der Waals surface area contributed by atoms with Crippen LogP contribution in [0.3, 0.4) is 0 Å². The number of nitrogens with two attached hydrogens (primary N) is 1. The third-order valence-electron chi connectivity index (χ3n) is 3.48. The van der Waals surface area contributed by atoms with Crippen molar-refractivity contribution in [3.8, 4) is 0 Å². The highest BCUT2D eigenvalue weighted by Gasteiger charge is 2.29. The average molecular weight is 376 g/mol. The Morgan fingerprint density at radius 2 is 2.00 bits per heavy atom. The molecule has 0 unspecified atom stereocenters. The maximum Gasteiger partial charge on any atom is 0.379 e. The van der Waals surface area contributed by atoms with Gasteiger partial charge in [-0.1, -0.05) is 30.3 Å². The highest BCUT2D eigenvalue weighted by Crippen LogP contribution is 2.14. The lowest BCUT2D eigenvalue weighted by Crippen LogP contribution is -2.50. The molecule has 2 rings (SSSR count). The summed E-state index contributed by atoms with van der Waals surface area (Å²) in [5, 5.41) is 6.30. The molecule has 0 aliphatic heterocycles. The quantitative estimate of drug-likeness (QED) is 0.628. The van der Waals surface area contributed by atoms with Crippen molar-refractivity contribution in [2.45, 2.75) is 39.0 Å². The number of rotatable bonds is 9. The second kappa shape index (κ2) is 9.24. The van der Waals surface area contributed by atoms with Gasteiger partial charge in [0.05, 0.1) is 25.4 Å². The van der Waals surface area contributed by atoms with E-state index in [1.807, 2.05) is 30.3 Å². The number of hydrogen-bond donors (Lipinski definition) is 2. The van der Waals surface area contributed by atoms with Crippen molar-refractivity contribution in [3.63, 3.8) is 0 Å². The van der Waals surface area contributed by atoms with Crippen LogP contribution in [-0.2, 0) is 20.9 Å². The number of amides is 1. The van der Waals surface area contributed by atoms with Gasteiger partial charge in [0.15, 0.2) is 0 Å². The topological polar surface area (TPSA) is 130 Å². The molecule has 1 aromatic heterocycles. The molecule has 0 saturated carbocycles. The van der Waals surface area contributed by atoms with E-state index in [1.165, 1.54) is 0 Å². The van der Waals surface area contributed by atoms with Crippen LogP contribution in [0.4, 0.5) is 0 Å². The first-order valence-corrected chi connectivity index (χ1v) is 8.53. The van der Waals surface area contributed by atoms with Crippen LogP contribution in [0, 0.1) is 0 Å². The zero-order chi connectivity index (χ0) is 19.9. The molecule has 1 heterocycles. The Morgan fingerprint density at radius 1 is 1.30 bits per heavy atom. The average Bonchev–Trinajstić information content (AvgIpc) is 3.11. The summed E-state index contributed by atoms with van der Waals surface area (Å²) in [5.74, 6) is -1.32. The molecular formula is C18H24N4O5. The van der Waals surface area contributed by atoms with E-state index in [-0.39, 0.29) is 24.9 Å². The maximum absolute atomic E-state index is 12.3. The Kier molecular flexibility index (Phi) is 7.03. The second-order valence-corrected chi connectivity index (χ2v) is 6.43. The number of hydrogen-bond acceptors (Lipinski definition) is 8. The predicted octanol–water partition coefficient (Wildman–Crippen LogP) is 1.36. The predicted molar refractivity (Wildman–Crippen MR) is 95.5 cm³/mol. The normalized spacial score (nSPS) is 12.4. The molecule has 0 radical (unpaired) electrons. The fraction of sp³-hybridized carbons (Fsp3) is 0.444. The zero-order valence-corrected chi connectivity index (χ0v) is 15.6. The van der Waals surface area contributed by atoms with Crippen molar-refractivity contribution >= 4 is 11.9 Å². The number of carbonyl (C=O) groups excluding carboxylic acids is 2. The van der Waals surface area contributed by atoms with Gasteiger partial charge in [-0.2, -0.15) is 4.98 Å². The fourth-order valence-corrected chi connectivity index (χ4v) is 2.04. The van der Waals surface area contributed by atoms with Crippen LogP contribution >= 0.6 is 0 Å². The maximum atomic E-state index is 12.3. The van der Waals surface area contributed by atoms with E-state index in [0.717, 1.165) is 5.56 Å². The van der Waals surface area contributed by atoms with Crippen molar-refractivity contribution in [1.29, 1.82) is 0 Å². The lowest BCUT2D eigenvalue weighted by Gasteiger charge is -2.22. The third-order valence-corrected chi connectivity index (χ3v) is 3.48. The Morgan fingerprint density at radius 3 is 2.63 bits per heavy atom. The van der Waals surface area contributed by atoms with Gasteiger partial charge in [0.2, 0.25) is 5.91 Å². The smallest absolute Gasteiger partial charge is 0.379 e. The largest absolute Gasteiger partial charge is 0.460 e.